The topological polar surface area (TPSA) is 113 Å². The van der Waals surface area contributed by atoms with Crippen LogP contribution in [0.2, 0.25) is 0 Å². The lowest BCUT2D eigenvalue weighted by Gasteiger charge is -2.32. The zero-order valence-electron chi connectivity index (χ0n) is 22.8. The Balaban J connectivity index is 1.32. The number of fused-ring (bicyclic) bond motifs is 2. The number of nitrogens with one attached hydrogen (secondary N) is 1. The van der Waals surface area contributed by atoms with Gasteiger partial charge in [0, 0.05) is 30.2 Å². The Morgan fingerprint density at radius 1 is 1.32 bits per heavy atom. The standard InChI is InChI=1S/C31H32N6O3/c1-4-5-28(35-21(3)37-10-11-40-20(2)17-37)29-9-8-23-15-33-26(13-30(23)36-29)16-34-31(38)22-6-7-24-18-39-19-25(14-32)27(24)12-22/h4-9,12-13,15,20,25H,1,10-11,16-19H2,2-3H3,(H,34,38)/b28-5-,35-21?. The van der Waals surface area contributed by atoms with Crippen LogP contribution in [0.1, 0.15) is 52.6 Å². The number of carbonyl (C=O) groups is 1. The van der Waals surface area contributed by atoms with Gasteiger partial charge in [-0.25, -0.2) is 9.98 Å². The highest BCUT2D eigenvalue weighted by Crippen LogP contribution is 2.27. The Bertz CT molecular complexity index is 1540. The van der Waals surface area contributed by atoms with E-state index >= 15 is 0 Å². The van der Waals surface area contributed by atoms with E-state index in [-0.39, 0.29) is 24.5 Å². The van der Waals surface area contributed by atoms with Gasteiger partial charge in [-0.15, -0.1) is 0 Å². The summed E-state index contributed by atoms with van der Waals surface area (Å²) in [6.07, 6.45) is 5.47. The van der Waals surface area contributed by atoms with Crippen LogP contribution >= 0.6 is 0 Å². The maximum atomic E-state index is 12.9. The Labute approximate surface area is 233 Å². The molecule has 0 saturated carbocycles. The van der Waals surface area contributed by atoms with Crippen molar-refractivity contribution in [2.75, 3.05) is 26.3 Å². The van der Waals surface area contributed by atoms with E-state index in [0.717, 1.165) is 46.6 Å². The van der Waals surface area contributed by atoms with Gasteiger partial charge in [-0.3, -0.25) is 9.78 Å². The van der Waals surface area contributed by atoms with Gasteiger partial charge in [0.1, 0.15) is 5.84 Å². The third-order valence-electron chi connectivity index (χ3n) is 7.06. The van der Waals surface area contributed by atoms with E-state index in [1.807, 2.05) is 37.3 Å². The first kappa shape index (κ1) is 27.2. The molecule has 0 bridgehead atoms. The molecule has 2 aromatic heterocycles. The van der Waals surface area contributed by atoms with Crippen LogP contribution in [0.15, 0.2) is 66.3 Å². The highest BCUT2D eigenvalue weighted by Gasteiger charge is 2.22. The van der Waals surface area contributed by atoms with Crippen molar-refractivity contribution in [3.8, 4) is 6.07 Å². The minimum absolute atomic E-state index is 0.159. The smallest absolute Gasteiger partial charge is 0.251 e. The van der Waals surface area contributed by atoms with E-state index in [2.05, 4.69) is 34.8 Å². The summed E-state index contributed by atoms with van der Waals surface area (Å²) in [4.78, 5) is 29.4. The lowest BCUT2D eigenvalue weighted by atomic mass is 9.92. The second-order valence-corrected chi connectivity index (χ2v) is 9.93. The molecule has 9 nitrogen and oxygen atoms in total. The number of nitriles is 1. The van der Waals surface area contributed by atoms with Crippen molar-refractivity contribution in [2.24, 2.45) is 4.99 Å². The normalized spacial score (nSPS) is 19.6. The van der Waals surface area contributed by atoms with E-state index in [9.17, 15) is 10.1 Å². The number of aliphatic imine (C=N–C) groups is 1. The van der Waals surface area contributed by atoms with Crippen LogP contribution in [0.3, 0.4) is 0 Å². The molecule has 0 spiro atoms. The van der Waals surface area contributed by atoms with E-state index in [4.69, 9.17) is 19.5 Å². The van der Waals surface area contributed by atoms with Crippen LogP contribution in [0.5, 0.6) is 0 Å². The van der Waals surface area contributed by atoms with E-state index < -0.39 is 0 Å². The molecule has 2 aliphatic rings. The molecule has 1 N–H and O–H groups in total. The average Bonchev–Trinajstić information content (AvgIpc) is 2.98. The SMILES string of the molecule is C=C/C=C(\N=C(C)N1CCOC(C)C1)c1ccc2cnc(CNC(=O)c3ccc4c(c3)C(C#N)COC4)cc2n1. The van der Waals surface area contributed by atoms with Gasteiger partial charge >= 0.3 is 0 Å². The minimum Gasteiger partial charge on any atom is -0.375 e. The Kier molecular flexibility index (Phi) is 8.29. The largest absolute Gasteiger partial charge is 0.375 e. The van der Waals surface area contributed by atoms with Gasteiger partial charge in [0.15, 0.2) is 0 Å². The predicted molar refractivity (Wildman–Crippen MR) is 153 cm³/mol. The summed E-state index contributed by atoms with van der Waals surface area (Å²) in [5, 5.41) is 13.3. The van der Waals surface area contributed by atoms with Gasteiger partial charge in [-0.1, -0.05) is 18.7 Å². The number of amidine groups is 1. The van der Waals surface area contributed by atoms with Crippen LogP contribution in [0.25, 0.3) is 16.6 Å². The molecule has 0 radical (unpaired) electrons. The molecule has 1 aromatic carbocycles. The van der Waals surface area contributed by atoms with Crippen LogP contribution in [-0.4, -0.2) is 59.0 Å². The molecule has 1 amide bonds. The first-order chi connectivity index (χ1) is 19.4. The number of carbonyl (C=O) groups excluding carboxylic acids is 1. The van der Waals surface area contributed by atoms with Crippen molar-refractivity contribution in [3.05, 3.63) is 89.4 Å². The molecule has 2 atom stereocenters. The Morgan fingerprint density at radius 2 is 2.20 bits per heavy atom. The number of hydrogen-bond acceptors (Lipinski definition) is 7. The van der Waals surface area contributed by atoms with Crippen LogP contribution < -0.4 is 5.32 Å². The first-order valence-electron chi connectivity index (χ1n) is 13.3. The van der Waals surface area contributed by atoms with Gasteiger partial charge < -0.3 is 19.7 Å². The monoisotopic (exact) mass is 536 g/mol. The number of benzene rings is 1. The highest BCUT2D eigenvalue weighted by molar-refractivity contribution is 5.94. The lowest BCUT2D eigenvalue weighted by Crippen LogP contribution is -2.43. The molecule has 3 aromatic rings. The van der Waals surface area contributed by atoms with Gasteiger partial charge in [0.05, 0.1) is 67.1 Å². The molecular formula is C31H32N6O3. The fraction of sp³-hybridized carbons (Fsp3) is 0.323. The number of ether oxygens (including phenoxy) is 2. The molecule has 204 valence electrons. The average molecular weight is 537 g/mol. The van der Waals surface area contributed by atoms with Crippen LogP contribution in [0, 0.1) is 11.3 Å². The number of hydrogen-bond donors (Lipinski definition) is 1. The molecule has 2 aliphatic heterocycles. The van der Waals surface area contributed by atoms with Gasteiger partial charge in [0.2, 0.25) is 0 Å². The van der Waals surface area contributed by atoms with Crippen molar-refractivity contribution in [1.29, 1.82) is 5.26 Å². The van der Waals surface area contributed by atoms with Gasteiger partial charge in [0.25, 0.3) is 5.91 Å². The number of pyridine rings is 2. The zero-order valence-corrected chi connectivity index (χ0v) is 22.8. The molecule has 0 aliphatic carbocycles. The summed E-state index contributed by atoms with van der Waals surface area (Å²) < 4.78 is 11.1. The molecule has 1 saturated heterocycles. The summed E-state index contributed by atoms with van der Waals surface area (Å²) in [5.41, 5.74) is 5.17. The molecule has 5 rings (SSSR count). The maximum Gasteiger partial charge on any atom is 0.251 e. The van der Waals surface area contributed by atoms with E-state index in [1.54, 1.807) is 24.4 Å². The summed E-state index contributed by atoms with van der Waals surface area (Å²) in [6.45, 7) is 11.2. The fourth-order valence-electron chi connectivity index (χ4n) is 4.89. The summed E-state index contributed by atoms with van der Waals surface area (Å²) in [7, 11) is 0. The number of rotatable bonds is 6. The second-order valence-electron chi connectivity index (χ2n) is 9.93. The van der Waals surface area contributed by atoms with Crippen molar-refractivity contribution < 1.29 is 14.3 Å². The molecular weight excluding hydrogens is 504 g/mol. The Hall–Kier alpha value is -4.39. The third kappa shape index (κ3) is 6.09. The number of morpholine rings is 1. The number of nitrogens with zero attached hydrogens (tertiary/aromatic N) is 5. The van der Waals surface area contributed by atoms with E-state index in [1.165, 1.54) is 0 Å². The molecule has 1 fully saturated rings. The summed E-state index contributed by atoms with van der Waals surface area (Å²) >= 11 is 0. The summed E-state index contributed by atoms with van der Waals surface area (Å²) in [6, 6.07) is 13.4. The maximum absolute atomic E-state index is 12.9. The molecule has 4 heterocycles. The van der Waals surface area contributed by atoms with E-state index in [0.29, 0.717) is 36.8 Å². The van der Waals surface area contributed by atoms with Crippen LogP contribution in [0.4, 0.5) is 0 Å². The lowest BCUT2D eigenvalue weighted by molar-refractivity contribution is 0.00562. The highest BCUT2D eigenvalue weighted by atomic mass is 16.5. The van der Waals surface area contributed by atoms with Gasteiger partial charge in [-0.2, -0.15) is 5.26 Å². The van der Waals surface area contributed by atoms with Crippen molar-refractivity contribution in [2.45, 2.75) is 39.0 Å². The number of amides is 1. The minimum atomic E-state index is -0.371. The predicted octanol–water partition coefficient (Wildman–Crippen LogP) is 4.36. The second kappa shape index (κ2) is 12.2. The molecule has 2 unspecified atom stereocenters. The Morgan fingerprint density at radius 3 is 3.00 bits per heavy atom. The van der Waals surface area contributed by atoms with Gasteiger partial charge in [-0.05, 0) is 61.4 Å². The van der Waals surface area contributed by atoms with Crippen molar-refractivity contribution in [3.63, 3.8) is 0 Å². The number of allylic oxidation sites excluding steroid dienone is 2. The van der Waals surface area contributed by atoms with Crippen molar-refractivity contribution >= 4 is 28.3 Å². The quantitative estimate of drug-likeness (QED) is 0.283. The number of aromatic nitrogens is 2. The summed E-state index contributed by atoms with van der Waals surface area (Å²) in [5.74, 6) is 0.302. The van der Waals surface area contributed by atoms with Crippen LogP contribution in [-0.2, 0) is 22.6 Å². The fourth-order valence-corrected chi connectivity index (χ4v) is 4.89. The first-order valence-corrected chi connectivity index (χ1v) is 13.3. The molecule has 40 heavy (non-hydrogen) atoms. The molecule has 9 heteroatoms. The third-order valence-corrected chi connectivity index (χ3v) is 7.06. The van der Waals surface area contributed by atoms with Crippen molar-refractivity contribution in [1.82, 2.24) is 20.2 Å². The zero-order chi connectivity index (χ0) is 28.1.